The predicted octanol–water partition coefficient (Wildman–Crippen LogP) is 2.17. The Hall–Kier alpha value is -1.81. The van der Waals surface area contributed by atoms with E-state index in [1.165, 1.54) is 0 Å². The highest BCUT2D eigenvalue weighted by molar-refractivity contribution is 5.45. The maximum atomic E-state index is 5.09. The molecular weight excluding hydrogens is 202 g/mol. The summed E-state index contributed by atoms with van der Waals surface area (Å²) in [5, 5.41) is 3.32. The van der Waals surface area contributed by atoms with Crippen molar-refractivity contribution < 1.29 is 4.74 Å². The van der Waals surface area contributed by atoms with Gasteiger partial charge in [-0.3, -0.25) is 0 Å². The van der Waals surface area contributed by atoms with Crippen molar-refractivity contribution in [3.63, 3.8) is 0 Å². The van der Waals surface area contributed by atoms with Crippen molar-refractivity contribution in [1.29, 1.82) is 0 Å². The summed E-state index contributed by atoms with van der Waals surface area (Å²) >= 11 is 0. The molecule has 16 heavy (non-hydrogen) atoms. The van der Waals surface area contributed by atoms with Crippen LogP contribution in [-0.4, -0.2) is 17.1 Å². The third-order valence-corrected chi connectivity index (χ3v) is 2.28. The van der Waals surface area contributed by atoms with Crippen LogP contribution in [0.4, 0.5) is 5.69 Å². The zero-order valence-corrected chi connectivity index (χ0v) is 9.23. The van der Waals surface area contributed by atoms with Crippen molar-refractivity contribution in [3.8, 4) is 0 Å². The molecule has 0 aliphatic carbocycles. The fourth-order valence-corrected chi connectivity index (χ4v) is 1.52. The van der Waals surface area contributed by atoms with Crippen LogP contribution in [0, 0.1) is 0 Å². The van der Waals surface area contributed by atoms with Crippen LogP contribution in [0.3, 0.4) is 0 Å². The Morgan fingerprint density at radius 2 is 2.38 bits per heavy atom. The third kappa shape index (κ3) is 2.84. The molecule has 1 aromatic heterocycles. The number of benzene rings is 1. The van der Waals surface area contributed by atoms with Gasteiger partial charge in [0.1, 0.15) is 0 Å². The Morgan fingerprint density at radius 3 is 3.12 bits per heavy atom. The van der Waals surface area contributed by atoms with Crippen molar-refractivity contribution in [1.82, 2.24) is 9.97 Å². The molecule has 0 unspecified atom stereocenters. The quantitative estimate of drug-likeness (QED) is 0.807. The number of anilines is 1. The molecule has 0 aliphatic heterocycles. The normalized spacial score (nSPS) is 10.3. The highest BCUT2D eigenvalue weighted by atomic mass is 16.5. The predicted molar refractivity (Wildman–Crippen MR) is 63.1 cm³/mol. The van der Waals surface area contributed by atoms with Crippen LogP contribution in [0.2, 0.25) is 0 Å². The molecule has 0 aliphatic rings. The van der Waals surface area contributed by atoms with Crippen LogP contribution in [0.5, 0.6) is 0 Å². The van der Waals surface area contributed by atoms with Gasteiger partial charge in [-0.15, -0.1) is 0 Å². The molecule has 0 amide bonds. The fourth-order valence-electron chi connectivity index (χ4n) is 1.52. The summed E-state index contributed by atoms with van der Waals surface area (Å²) in [7, 11) is 1.70. The van der Waals surface area contributed by atoms with Crippen LogP contribution in [-0.2, 0) is 17.9 Å². The van der Waals surface area contributed by atoms with Crippen molar-refractivity contribution in [2.75, 3.05) is 12.4 Å². The van der Waals surface area contributed by atoms with Crippen LogP contribution in [0.25, 0.3) is 0 Å². The highest BCUT2D eigenvalue weighted by Gasteiger charge is 1.96. The Bertz CT molecular complexity index is 426. The summed E-state index contributed by atoms with van der Waals surface area (Å²) in [6, 6.07) is 8.18. The number of hydrogen-bond donors (Lipinski definition) is 2. The number of aromatic nitrogens is 2. The molecule has 1 heterocycles. The van der Waals surface area contributed by atoms with E-state index in [0.29, 0.717) is 6.61 Å². The van der Waals surface area contributed by atoms with E-state index in [-0.39, 0.29) is 0 Å². The Morgan fingerprint density at radius 1 is 1.44 bits per heavy atom. The highest BCUT2D eigenvalue weighted by Crippen LogP contribution is 2.12. The Labute approximate surface area is 94.7 Å². The van der Waals surface area contributed by atoms with Gasteiger partial charge < -0.3 is 15.0 Å². The molecule has 2 N–H and O–H groups in total. The van der Waals surface area contributed by atoms with E-state index >= 15 is 0 Å². The lowest BCUT2D eigenvalue weighted by molar-refractivity contribution is 0.185. The van der Waals surface area contributed by atoms with E-state index in [9.17, 15) is 0 Å². The lowest BCUT2D eigenvalue weighted by Crippen LogP contribution is -2.00. The minimum atomic E-state index is 0.638. The van der Waals surface area contributed by atoms with E-state index in [0.717, 1.165) is 23.5 Å². The molecule has 1 aromatic carbocycles. The number of rotatable bonds is 5. The van der Waals surface area contributed by atoms with E-state index in [4.69, 9.17) is 4.74 Å². The first-order valence-electron chi connectivity index (χ1n) is 5.17. The van der Waals surface area contributed by atoms with Gasteiger partial charge in [-0.1, -0.05) is 12.1 Å². The van der Waals surface area contributed by atoms with Crippen molar-refractivity contribution in [3.05, 3.63) is 48.0 Å². The molecule has 0 bridgehead atoms. The van der Waals surface area contributed by atoms with Gasteiger partial charge in [-0.25, -0.2) is 4.98 Å². The van der Waals surface area contributed by atoms with E-state index in [1.807, 2.05) is 24.4 Å². The van der Waals surface area contributed by atoms with Gasteiger partial charge in [0.15, 0.2) is 0 Å². The maximum absolute atomic E-state index is 5.09. The number of ether oxygens (including phenoxy) is 1. The molecule has 4 nitrogen and oxygen atoms in total. The van der Waals surface area contributed by atoms with Gasteiger partial charge in [-0.2, -0.15) is 0 Å². The molecule has 0 spiro atoms. The average Bonchev–Trinajstić information content (AvgIpc) is 2.80. The summed E-state index contributed by atoms with van der Waals surface area (Å²) < 4.78 is 5.09. The maximum Gasteiger partial charge on any atom is 0.0922 e. The largest absolute Gasteiger partial charge is 0.380 e. The van der Waals surface area contributed by atoms with Crippen LogP contribution >= 0.6 is 0 Å². The second-order valence-electron chi connectivity index (χ2n) is 3.56. The number of methoxy groups -OCH3 is 1. The lowest BCUT2D eigenvalue weighted by Gasteiger charge is -2.06. The van der Waals surface area contributed by atoms with E-state index in [1.54, 1.807) is 13.4 Å². The van der Waals surface area contributed by atoms with Gasteiger partial charge in [0, 0.05) is 19.0 Å². The fraction of sp³-hybridized carbons (Fsp3) is 0.250. The first-order valence-corrected chi connectivity index (χ1v) is 5.17. The first kappa shape index (κ1) is 10.7. The van der Waals surface area contributed by atoms with Crippen molar-refractivity contribution >= 4 is 5.69 Å². The molecule has 0 saturated carbocycles. The van der Waals surface area contributed by atoms with E-state index in [2.05, 4.69) is 21.4 Å². The SMILES string of the molecule is COCc1cccc(NCc2cnc[nH]2)c1. The average molecular weight is 217 g/mol. The Balaban J connectivity index is 1.96. The van der Waals surface area contributed by atoms with Gasteiger partial charge in [0.2, 0.25) is 0 Å². The van der Waals surface area contributed by atoms with Crippen LogP contribution in [0.15, 0.2) is 36.8 Å². The van der Waals surface area contributed by atoms with Gasteiger partial charge in [-0.05, 0) is 17.7 Å². The number of imidazole rings is 1. The standard InChI is InChI=1S/C12H15N3O/c1-16-8-10-3-2-4-11(5-10)14-7-12-6-13-9-15-12/h2-6,9,14H,7-8H2,1H3,(H,13,15). The van der Waals surface area contributed by atoms with Gasteiger partial charge in [0.05, 0.1) is 25.2 Å². The number of H-pyrrole nitrogens is 1. The third-order valence-electron chi connectivity index (χ3n) is 2.28. The summed E-state index contributed by atoms with van der Waals surface area (Å²) in [6.45, 7) is 1.38. The zero-order chi connectivity index (χ0) is 11.2. The summed E-state index contributed by atoms with van der Waals surface area (Å²) in [5.74, 6) is 0. The minimum absolute atomic E-state index is 0.638. The van der Waals surface area contributed by atoms with Crippen LogP contribution in [0.1, 0.15) is 11.3 Å². The smallest absolute Gasteiger partial charge is 0.0922 e. The molecule has 0 radical (unpaired) electrons. The molecule has 2 rings (SSSR count). The lowest BCUT2D eigenvalue weighted by atomic mass is 10.2. The van der Waals surface area contributed by atoms with Crippen molar-refractivity contribution in [2.45, 2.75) is 13.2 Å². The van der Waals surface area contributed by atoms with E-state index < -0.39 is 0 Å². The molecule has 0 atom stereocenters. The number of aromatic amines is 1. The summed E-state index contributed by atoms with van der Waals surface area (Å²) in [6.07, 6.45) is 3.49. The Kier molecular flexibility index (Phi) is 3.56. The second kappa shape index (κ2) is 5.32. The molecule has 4 heteroatoms. The van der Waals surface area contributed by atoms with Crippen LogP contribution < -0.4 is 5.32 Å². The van der Waals surface area contributed by atoms with Crippen molar-refractivity contribution in [2.24, 2.45) is 0 Å². The molecular formula is C12H15N3O. The second-order valence-corrected chi connectivity index (χ2v) is 3.56. The molecule has 0 saturated heterocycles. The molecule has 0 fully saturated rings. The molecule has 2 aromatic rings. The van der Waals surface area contributed by atoms with Gasteiger partial charge >= 0.3 is 0 Å². The number of hydrogen-bond acceptors (Lipinski definition) is 3. The number of nitrogens with one attached hydrogen (secondary N) is 2. The first-order chi connectivity index (χ1) is 7.88. The summed E-state index contributed by atoms with van der Waals surface area (Å²) in [4.78, 5) is 7.01. The monoisotopic (exact) mass is 217 g/mol. The summed E-state index contributed by atoms with van der Waals surface area (Å²) in [5.41, 5.74) is 3.32. The molecule has 84 valence electrons. The topological polar surface area (TPSA) is 49.9 Å². The van der Waals surface area contributed by atoms with Gasteiger partial charge in [0.25, 0.3) is 0 Å². The number of nitrogens with zero attached hydrogens (tertiary/aromatic N) is 1. The zero-order valence-electron chi connectivity index (χ0n) is 9.23. The minimum Gasteiger partial charge on any atom is -0.380 e.